The molecule has 0 spiro atoms. The van der Waals surface area contributed by atoms with Gasteiger partial charge in [-0.3, -0.25) is 4.79 Å². The van der Waals surface area contributed by atoms with E-state index in [-0.39, 0.29) is 11.9 Å². The lowest BCUT2D eigenvalue weighted by atomic mass is 10.0. The van der Waals surface area contributed by atoms with Crippen LogP contribution >= 0.6 is 0 Å². The zero-order valence-electron chi connectivity index (χ0n) is 17.7. The Morgan fingerprint density at radius 3 is 2.85 bits per heavy atom. The lowest BCUT2D eigenvalue weighted by molar-refractivity contribution is 0.0643. The zero-order chi connectivity index (χ0) is 22.4. The second-order valence-corrected chi connectivity index (χ2v) is 8.26. The molecule has 5 heterocycles. The van der Waals surface area contributed by atoms with E-state index in [9.17, 15) is 9.18 Å². The third-order valence-corrected chi connectivity index (χ3v) is 6.23. The Morgan fingerprint density at radius 1 is 1.12 bits per heavy atom. The number of hydrogen-bond acceptors (Lipinski definition) is 8. The summed E-state index contributed by atoms with van der Waals surface area (Å²) in [7, 11) is 0. The number of alkyl halides is 1. The van der Waals surface area contributed by atoms with Gasteiger partial charge in [0, 0.05) is 43.3 Å². The van der Waals surface area contributed by atoms with Gasteiger partial charge in [0.15, 0.2) is 5.82 Å². The summed E-state index contributed by atoms with van der Waals surface area (Å²) >= 11 is 0. The molecule has 0 saturated carbocycles. The highest BCUT2D eigenvalue weighted by atomic mass is 19.1. The van der Waals surface area contributed by atoms with E-state index in [1.54, 1.807) is 17.4 Å². The average Bonchev–Trinajstić information content (AvgIpc) is 3.53. The first-order valence-electron chi connectivity index (χ1n) is 10.9. The second kappa shape index (κ2) is 7.91. The van der Waals surface area contributed by atoms with Crippen molar-refractivity contribution in [1.29, 1.82) is 0 Å². The number of amides is 1. The van der Waals surface area contributed by atoms with Gasteiger partial charge in [0.05, 0.1) is 17.5 Å². The number of aromatic nitrogens is 6. The lowest BCUT2D eigenvalue weighted by Gasteiger charge is -2.33. The molecule has 6 rings (SSSR count). The van der Waals surface area contributed by atoms with Gasteiger partial charge in [0.25, 0.3) is 0 Å². The van der Waals surface area contributed by atoms with Crippen molar-refractivity contribution < 1.29 is 13.6 Å². The summed E-state index contributed by atoms with van der Waals surface area (Å²) < 4.78 is 19.2. The predicted octanol–water partition coefficient (Wildman–Crippen LogP) is 2.46. The predicted molar refractivity (Wildman–Crippen MR) is 115 cm³/mol. The largest absolute Gasteiger partial charge is 0.399 e. The molecule has 1 aromatic carbocycles. The number of para-hydroxylation sites is 1. The molecule has 0 aliphatic carbocycles. The Bertz CT molecular complexity index is 1310. The number of H-pyrrole nitrogens is 1. The molecule has 4 aromatic rings. The van der Waals surface area contributed by atoms with Gasteiger partial charge in [0.1, 0.15) is 12.2 Å². The van der Waals surface area contributed by atoms with Crippen LogP contribution in [0.15, 0.2) is 41.2 Å². The number of hydrogen-bond donors (Lipinski definition) is 1. The summed E-state index contributed by atoms with van der Waals surface area (Å²) in [5.41, 5.74) is 2.43. The molecule has 2 aliphatic heterocycles. The summed E-state index contributed by atoms with van der Waals surface area (Å²) in [5.74, 6) is -0.0541. The molecule has 0 bridgehead atoms. The van der Waals surface area contributed by atoms with E-state index in [2.05, 4.69) is 25.1 Å². The number of fused-ring (bicyclic) bond motifs is 2. The van der Waals surface area contributed by atoms with Gasteiger partial charge in [-0.05, 0) is 18.9 Å². The first-order chi connectivity index (χ1) is 16.2. The fourth-order valence-electron chi connectivity index (χ4n) is 4.47. The SMILES string of the molecule is O=C(c1nnc(N2CCC(F)CC2)o1)N1CCc2[nH]cnc2[C@H]1c1ncc2ccccc2n1. The molecular formula is C22H21FN8O2. The van der Waals surface area contributed by atoms with Gasteiger partial charge in [0.2, 0.25) is 0 Å². The van der Waals surface area contributed by atoms with Crippen LogP contribution in [0.4, 0.5) is 10.4 Å². The average molecular weight is 448 g/mol. The first-order valence-corrected chi connectivity index (χ1v) is 10.9. The molecule has 0 radical (unpaired) electrons. The maximum atomic E-state index is 13.5. The molecule has 1 atom stereocenters. The van der Waals surface area contributed by atoms with E-state index in [4.69, 9.17) is 9.40 Å². The van der Waals surface area contributed by atoms with E-state index in [0.29, 0.717) is 50.4 Å². The molecule has 1 N–H and O–H groups in total. The van der Waals surface area contributed by atoms with Crippen molar-refractivity contribution in [2.45, 2.75) is 31.5 Å². The summed E-state index contributed by atoms with van der Waals surface area (Å²) in [4.78, 5) is 33.8. The van der Waals surface area contributed by atoms with E-state index in [1.165, 1.54) is 0 Å². The molecule has 11 heteroatoms. The van der Waals surface area contributed by atoms with Gasteiger partial charge in [-0.25, -0.2) is 19.3 Å². The number of aromatic amines is 1. The second-order valence-electron chi connectivity index (χ2n) is 8.26. The number of nitrogens with one attached hydrogen (secondary N) is 1. The summed E-state index contributed by atoms with van der Waals surface area (Å²) in [6.07, 6.45) is 3.97. The third-order valence-electron chi connectivity index (χ3n) is 6.23. The van der Waals surface area contributed by atoms with Crippen LogP contribution in [-0.4, -0.2) is 66.7 Å². The first kappa shape index (κ1) is 19.8. The minimum absolute atomic E-state index is 0.114. The van der Waals surface area contributed by atoms with Crippen LogP contribution in [0.3, 0.4) is 0 Å². The number of rotatable bonds is 3. The van der Waals surface area contributed by atoms with Crippen LogP contribution in [0.5, 0.6) is 0 Å². The minimum atomic E-state index is -0.815. The van der Waals surface area contributed by atoms with Crippen molar-refractivity contribution in [1.82, 2.24) is 35.0 Å². The fraction of sp³-hybridized carbons (Fsp3) is 0.364. The van der Waals surface area contributed by atoms with E-state index in [1.807, 2.05) is 29.2 Å². The topological polar surface area (TPSA) is 117 Å². The van der Waals surface area contributed by atoms with Crippen LogP contribution in [0, 0.1) is 0 Å². The number of carbonyl (C=O) groups is 1. The van der Waals surface area contributed by atoms with Crippen LogP contribution in [-0.2, 0) is 6.42 Å². The molecule has 1 saturated heterocycles. The minimum Gasteiger partial charge on any atom is -0.399 e. The third kappa shape index (κ3) is 3.49. The Labute approximate surface area is 187 Å². The molecular weight excluding hydrogens is 427 g/mol. The van der Waals surface area contributed by atoms with Gasteiger partial charge in [-0.1, -0.05) is 23.3 Å². The van der Waals surface area contributed by atoms with Crippen LogP contribution < -0.4 is 4.90 Å². The highest BCUT2D eigenvalue weighted by Crippen LogP contribution is 2.33. The van der Waals surface area contributed by atoms with Gasteiger partial charge >= 0.3 is 17.8 Å². The van der Waals surface area contributed by atoms with Crippen molar-refractivity contribution in [2.75, 3.05) is 24.5 Å². The van der Waals surface area contributed by atoms with E-state index >= 15 is 0 Å². The van der Waals surface area contributed by atoms with Crippen LogP contribution in [0.2, 0.25) is 0 Å². The number of piperidine rings is 1. The molecule has 168 valence electrons. The molecule has 10 nitrogen and oxygen atoms in total. The van der Waals surface area contributed by atoms with E-state index in [0.717, 1.165) is 16.6 Å². The lowest BCUT2D eigenvalue weighted by Crippen LogP contribution is -2.41. The van der Waals surface area contributed by atoms with Crippen molar-refractivity contribution >= 4 is 22.8 Å². The molecule has 3 aromatic heterocycles. The maximum absolute atomic E-state index is 13.5. The molecule has 1 fully saturated rings. The van der Waals surface area contributed by atoms with Crippen LogP contribution in [0.1, 0.15) is 46.8 Å². The number of imidazole rings is 1. The monoisotopic (exact) mass is 448 g/mol. The van der Waals surface area contributed by atoms with Crippen molar-refractivity contribution in [3.05, 3.63) is 59.9 Å². The summed E-state index contributed by atoms with van der Waals surface area (Å²) in [6.45, 7) is 1.37. The fourth-order valence-corrected chi connectivity index (χ4v) is 4.47. The molecule has 33 heavy (non-hydrogen) atoms. The normalized spacial score (nSPS) is 19.1. The van der Waals surface area contributed by atoms with Crippen LogP contribution in [0.25, 0.3) is 10.9 Å². The van der Waals surface area contributed by atoms with Gasteiger partial charge in [-0.15, -0.1) is 5.10 Å². The summed E-state index contributed by atoms with van der Waals surface area (Å²) in [5, 5.41) is 8.95. The Hall–Kier alpha value is -3.89. The number of carbonyl (C=O) groups excluding carboxylic acids is 1. The molecule has 2 aliphatic rings. The standard InChI is InChI=1S/C22H21FN8O2/c23-14-5-8-30(9-6-14)22-29-28-20(33-22)21(32)31-10-7-16-17(26-12-25-16)18(31)19-24-11-13-3-1-2-4-15(13)27-19/h1-4,11-12,14,18H,5-10H2,(H,25,26)/t18-/m0/s1. The summed E-state index contributed by atoms with van der Waals surface area (Å²) in [6, 6.07) is 7.34. The quantitative estimate of drug-likeness (QED) is 0.508. The molecule has 0 unspecified atom stereocenters. The van der Waals surface area contributed by atoms with Crippen molar-refractivity contribution in [2.24, 2.45) is 0 Å². The highest BCUT2D eigenvalue weighted by molar-refractivity contribution is 5.90. The highest BCUT2D eigenvalue weighted by Gasteiger charge is 2.38. The van der Waals surface area contributed by atoms with Gasteiger partial charge in [-0.2, -0.15) is 0 Å². The number of anilines is 1. The number of benzene rings is 1. The Balaban J connectivity index is 1.34. The van der Waals surface area contributed by atoms with Crippen molar-refractivity contribution in [3.63, 3.8) is 0 Å². The number of nitrogens with zero attached hydrogens (tertiary/aromatic N) is 7. The van der Waals surface area contributed by atoms with Crippen molar-refractivity contribution in [3.8, 4) is 0 Å². The molecule has 1 amide bonds. The Morgan fingerprint density at radius 2 is 1.97 bits per heavy atom. The zero-order valence-corrected chi connectivity index (χ0v) is 17.7. The smallest absolute Gasteiger partial charge is 0.318 e. The van der Waals surface area contributed by atoms with E-state index < -0.39 is 18.1 Å². The number of halogens is 1. The Kier molecular flexibility index (Phi) is 4.74. The maximum Gasteiger partial charge on any atom is 0.318 e. The van der Waals surface area contributed by atoms with Gasteiger partial charge < -0.3 is 19.2 Å².